The average molecular weight is 465 g/mol. The zero-order chi connectivity index (χ0) is 23.1. The summed E-state index contributed by atoms with van der Waals surface area (Å²) in [5.74, 6) is 1.47. The van der Waals surface area contributed by atoms with Crippen molar-refractivity contribution in [3.05, 3.63) is 64.4 Å². The Balaban J connectivity index is 1.52. The second-order valence-corrected chi connectivity index (χ2v) is 8.83. The molecule has 170 valence electrons. The maximum Gasteiger partial charge on any atom is 0.254 e. The molecule has 0 bridgehead atoms. The van der Waals surface area contributed by atoms with E-state index >= 15 is 0 Å². The number of hydrogen-bond donors (Lipinski definition) is 0. The van der Waals surface area contributed by atoms with Crippen molar-refractivity contribution in [3.8, 4) is 0 Å². The molecule has 2 aromatic heterocycles. The molecule has 0 aliphatic carbocycles. The van der Waals surface area contributed by atoms with Gasteiger partial charge in [0, 0.05) is 48.8 Å². The first-order valence-electron chi connectivity index (χ1n) is 10.9. The number of ether oxygens (including phenoxy) is 1. The van der Waals surface area contributed by atoms with Gasteiger partial charge in [-0.25, -0.2) is 9.38 Å². The van der Waals surface area contributed by atoms with Crippen LogP contribution in [0.25, 0.3) is 16.6 Å². The van der Waals surface area contributed by atoms with Gasteiger partial charge in [-0.2, -0.15) is 0 Å². The minimum absolute atomic E-state index is 0.000111. The molecule has 8 nitrogen and oxygen atoms in total. The predicted molar refractivity (Wildman–Crippen MR) is 128 cm³/mol. The Morgan fingerprint density at radius 3 is 2.76 bits per heavy atom. The van der Waals surface area contributed by atoms with Crippen LogP contribution in [0.3, 0.4) is 0 Å². The van der Waals surface area contributed by atoms with E-state index in [-0.39, 0.29) is 11.9 Å². The lowest BCUT2D eigenvalue weighted by Gasteiger charge is -2.40. The summed E-state index contributed by atoms with van der Waals surface area (Å²) in [5, 5.41) is 10.3. The van der Waals surface area contributed by atoms with E-state index in [1.165, 1.54) is 0 Å². The number of halogens is 1. The number of hydrogen-bond acceptors (Lipinski definition) is 6. The van der Waals surface area contributed by atoms with Gasteiger partial charge in [0.2, 0.25) is 5.95 Å². The third-order valence-electron chi connectivity index (χ3n) is 6.17. The zero-order valence-corrected chi connectivity index (χ0v) is 19.6. The van der Waals surface area contributed by atoms with Crippen molar-refractivity contribution in [3.63, 3.8) is 0 Å². The maximum atomic E-state index is 13.2. The lowest BCUT2D eigenvalue weighted by atomic mass is 10.1. The average Bonchev–Trinajstić information content (AvgIpc) is 3.22. The number of anilines is 1. The highest BCUT2D eigenvalue weighted by atomic mass is 35.5. The van der Waals surface area contributed by atoms with Crippen LogP contribution in [-0.2, 0) is 11.3 Å². The number of aryl methyl sites for hydroxylation is 1. The van der Waals surface area contributed by atoms with E-state index in [0.717, 1.165) is 28.0 Å². The maximum absolute atomic E-state index is 13.2. The lowest BCUT2D eigenvalue weighted by Crippen LogP contribution is -2.54. The Labute approximate surface area is 196 Å². The molecule has 5 rings (SSSR count). The van der Waals surface area contributed by atoms with E-state index in [4.69, 9.17) is 21.3 Å². The van der Waals surface area contributed by atoms with Crippen molar-refractivity contribution >= 4 is 40.0 Å². The van der Waals surface area contributed by atoms with Gasteiger partial charge in [-0.15, -0.1) is 10.2 Å². The molecule has 2 aromatic carbocycles. The standard InChI is InChI=1S/C24H25ClN6O2/c1-15-6-4-5-7-18(15)23(32)30-11-10-29(13-16(30)2)24-26-20-12-17(25)8-9-19(20)22-28-27-21(14-33-3)31(22)24/h4-9,12,16H,10-11,13-14H2,1-3H3. The molecule has 1 fully saturated rings. The largest absolute Gasteiger partial charge is 0.377 e. The third kappa shape index (κ3) is 3.79. The van der Waals surface area contributed by atoms with Gasteiger partial charge in [-0.1, -0.05) is 29.8 Å². The Bertz CT molecular complexity index is 1350. The van der Waals surface area contributed by atoms with Gasteiger partial charge in [0.1, 0.15) is 6.61 Å². The number of carbonyl (C=O) groups is 1. The van der Waals surface area contributed by atoms with Gasteiger partial charge in [0.15, 0.2) is 11.5 Å². The van der Waals surface area contributed by atoms with Crippen molar-refractivity contribution in [1.82, 2.24) is 24.5 Å². The molecule has 4 aromatic rings. The van der Waals surface area contributed by atoms with Crippen molar-refractivity contribution in [2.75, 3.05) is 31.6 Å². The highest BCUT2D eigenvalue weighted by Gasteiger charge is 2.31. The first-order valence-corrected chi connectivity index (χ1v) is 11.3. The van der Waals surface area contributed by atoms with Gasteiger partial charge >= 0.3 is 0 Å². The van der Waals surface area contributed by atoms with Gasteiger partial charge in [-0.3, -0.25) is 4.79 Å². The van der Waals surface area contributed by atoms with Crippen molar-refractivity contribution in [2.24, 2.45) is 0 Å². The number of amides is 1. The zero-order valence-electron chi connectivity index (χ0n) is 18.8. The molecule has 0 radical (unpaired) electrons. The summed E-state index contributed by atoms with van der Waals surface area (Å²) in [6, 6.07) is 13.3. The second-order valence-electron chi connectivity index (χ2n) is 8.39. The number of fused-ring (bicyclic) bond motifs is 3. The van der Waals surface area contributed by atoms with E-state index in [2.05, 4.69) is 22.0 Å². The van der Waals surface area contributed by atoms with Crippen LogP contribution in [0.15, 0.2) is 42.5 Å². The minimum Gasteiger partial charge on any atom is -0.377 e. The van der Waals surface area contributed by atoms with E-state index < -0.39 is 0 Å². The monoisotopic (exact) mass is 464 g/mol. The molecule has 1 atom stereocenters. The topological polar surface area (TPSA) is 75.9 Å². The number of piperazine rings is 1. The van der Waals surface area contributed by atoms with Crippen LogP contribution in [0.1, 0.15) is 28.7 Å². The number of carbonyl (C=O) groups excluding carboxylic acids is 1. The van der Waals surface area contributed by atoms with Gasteiger partial charge in [-0.05, 0) is 43.7 Å². The minimum atomic E-state index is 0.000111. The summed E-state index contributed by atoms with van der Waals surface area (Å²) in [6.45, 7) is 6.22. The van der Waals surface area contributed by atoms with E-state index in [0.29, 0.717) is 42.7 Å². The molecule has 0 spiro atoms. The summed E-state index contributed by atoms with van der Waals surface area (Å²) >= 11 is 6.25. The molecule has 3 heterocycles. The van der Waals surface area contributed by atoms with E-state index in [9.17, 15) is 4.79 Å². The van der Waals surface area contributed by atoms with E-state index in [1.807, 2.05) is 58.7 Å². The molecular formula is C24H25ClN6O2. The molecule has 1 aliphatic heterocycles. The summed E-state index contributed by atoms with van der Waals surface area (Å²) in [4.78, 5) is 22.3. The first kappa shape index (κ1) is 21.6. The van der Waals surface area contributed by atoms with Crippen molar-refractivity contribution < 1.29 is 9.53 Å². The SMILES string of the molecule is COCc1nnc2c3ccc(Cl)cc3nc(N3CCN(C(=O)c4ccccc4C)C(C)C3)n12. The number of benzene rings is 2. The Morgan fingerprint density at radius 1 is 1.18 bits per heavy atom. The quantitative estimate of drug-likeness (QED) is 0.458. The van der Waals surface area contributed by atoms with E-state index in [1.54, 1.807) is 7.11 Å². The molecule has 0 saturated carbocycles. The molecule has 9 heteroatoms. The molecule has 1 saturated heterocycles. The normalized spacial score (nSPS) is 16.7. The first-order chi connectivity index (χ1) is 16.0. The Hall–Kier alpha value is -3.23. The van der Waals surface area contributed by atoms with Gasteiger partial charge in [0.25, 0.3) is 5.91 Å². The highest BCUT2D eigenvalue weighted by Crippen LogP contribution is 2.28. The second kappa shape index (κ2) is 8.61. The molecule has 1 amide bonds. The molecule has 33 heavy (non-hydrogen) atoms. The Morgan fingerprint density at radius 2 is 2.00 bits per heavy atom. The van der Waals surface area contributed by atoms with Gasteiger partial charge < -0.3 is 14.5 Å². The van der Waals surface area contributed by atoms with Crippen LogP contribution < -0.4 is 4.90 Å². The number of nitrogens with zero attached hydrogens (tertiary/aromatic N) is 6. The Kier molecular flexibility index (Phi) is 5.64. The molecular weight excluding hydrogens is 440 g/mol. The van der Waals surface area contributed by atoms with Crippen molar-refractivity contribution in [2.45, 2.75) is 26.5 Å². The highest BCUT2D eigenvalue weighted by molar-refractivity contribution is 6.31. The summed E-state index contributed by atoms with van der Waals surface area (Å²) in [5.41, 5.74) is 3.21. The van der Waals surface area contributed by atoms with Crippen LogP contribution in [0.5, 0.6) is 0 Å². The van der Waals surface area contributed by atoms with Crippen LogP contribution >= 0.6 is 11.6 Å². The fraction of sp³-hybridized carbons (Fsp3) is 0.333. The molecule has 1 unspecified atom stereocenters. The summed E-state index contributed by atoms with van der Waals surface area (Å²) in [6.07, 6.45) is 0. The smallest absolute Gasteiger partial charge is 0.254 e. The van der Waals surface area contributed by atoms with Crippen LogP contribution in [0.2, 0.25) is 5.02 Å². The van der Waals surface area contributed by atoms with Crippen molar-refractivity contribution in [1.29, 1.82) is 0 Å². The van der Waals surface area contributed by atoms with Gasteiger partial charge in [0.05, 0.1) is 5.52 Å². The molecule has 0 N–H and O–H groups in total. The lowest BCUT2D eigenvalue weighted by molar-refractivity contribution is 0.0672. The number of rotatable bonds is 4. The third-order valence-corrected chi connectivity index (χ3v) is 6.41. The fourth-order valence-corrected chi connectivity index (χ4v) is 4.65. The predicted octanol–water partition coefficient (Wildman–Crippen LogP) is 3.74. The summed E-state index contributed by atoms with van der Waals surface area (Å²) in [7, 11) is 1.63. The van der Waals surface area contributed by atoms with Crippen LogP contribution in [0, 0.1) is 6.92 Å². The number of aromatic nitrogens is 4. The molecule has 1 aliphatic rings. The van der Waals surface area contributed by atoms with Crippen LogP contribution in [0.4, 0.5) is 5.95 Å². The fourth-order valence-electron chi connectivity index (χ4n) is 4.49. The van der Waals surface area contributed by atoms with Crippen LogP contribution in [-0.4, -0.2) is 63.2 Å². The number of methoxy groups -OCH3 is 1. The summed E-state index contributed by atoms with van der Waals surface area (Å²) < 4.78 is 7.30.